The van der Waals surface area contributed by atoms with Gasteiger partial charge in [-0.1, -0.05) is 18.5 Å². The van der Waals surface area contributed by atoms with Gasteiger partial charge in [-0.2, -0.15) is 9.47 Å². The molecule has 0 aromatic carbocycles. The van der Waals surface area contributed by atoms with Crippen molar-refractivity contribution in [2.45, 2.75) is 19.9 Å². The number of nitrogens with zero attached hydrogens (tertiary/aromatic N) is 3. The first kappa shape index (κ1) is 13.2. The summed E-state index contributed by atoms with van der Waals surface area (Å²) in [5.74, 6) is 0.486. The SMILES string of the molecule is CCc1nn(C)cc1NCc1snc(OC)c1Cl. The molecule has 0 atom stereocenters. The minimum Gasteiger partial charge on any atom is -0.479 e. The van der Waals surface area contributed by atoms with Crippen molar-refractivity contribution in [3.8, 4) is 5.88 Å². The van der Waals surface area contributed by atoms with Crippen LogP contribution in [0.5, 0.6) is 5.88 Å². The van der Waals surface area contributed by atoms with Gasteiger partial charge in [0.15, 0.2) is 0 Å². The fourth-order valence-corrected chi connectivity index (χ4v) is 2.65. The van der Waals surface area contributed by atoms with E-state index in [1.165, 1.54) is 11.5 Å². The number of aromatic nitrogens is 3. The highest BCUT2D eigenvalue weighted by molar-refractivity contribution is 7.06. The zero-order valence-electron chi connectivity index (χ0n) is 10.5. The smallest absolute Gasteiger partial charge is 0.244 e. The van der Waals surface area contributed by atoms with Crippen LogP contribution in [0.4, 0.5) is 5.69 Å². The van der Waals surface area contributed by atoms with E-state index in [-0.39, 0.29) is 0 Å². The van der Waals surface area contributed by atoms with E-state index >= 15 is 0 Å². The van der Waals surface area contributed by atoms with Gasteiger partial charge in [0.25, 0.3) is 0 Å². The number of methoxy groups -OCH3 is 1. The van der Waals surface area contributed by atoms with Crippen molar-refractivity contribution in [3.05, 3.63) is 21.8 Å². The first-order chi connectivity index (χ1) is 8.65. The fourth-order valence-electron chi connectivity index (χ4n) is 1.65. The number of hydrogen-bond acceptors (Lipinski definition) is 5. The Hall–Kier alpha value is -1.27. The minimum atomic E-state index is 0.486. The van der Waals surface area contributed by atoms with E-state index in [2.05, 4.69) is 21.7 Å². The van der Waals surface area contributed by atoms with Crippen LogP contribution in [0.2, 0.25) is 5.02 Å². The summed E-state index contributed by atoms with van der Waals surface area (Å²) >= 11 is 7.48. The Morgan fingerprint density at radius 3 is 2.94 bits per heavy atom. The van der Waals surface area contributed by atoms with Crippen LogP contribution in [-0.4, -0.2) is 21.3 Å². The highest BCUT2D eigenvalue weighted by atomic mass is 35.5. The number of ether oxygens (including phenoxy) is 1. The molecule has 7 heteroatoms. The van der Waals surface area contributed by atoms with Crippen molar-refractivity contribution in [1.29, 1.82) is 0 Å². The Kier molecular flexibility index (Phi) is 4.08. The molecular formula is C11H15ClN4OS. The average Bonchev–Trinajstić information content (AvgIpc) is 2.89. The molecule has 0 saturated carbocycles. The lowest BCUT2D eigenvalue weighted by Crippen LogP contribution is -1.99. The Morgan fingerprint density at radius 1 is 1.56 bits per heavy atom. The van der Waals surface area contributed by atoms with E-state index < -0.39 is 0 Å². The predicted octanol–water partition coefficient (Wildman–Crippen LogP) is 2.71. The van der Waals surface area contributed by atoms with Gasteiger partial charge < -0.3 is 10.1 Å². The summed E-state index contributed by atoms with van der Waals surface area (Å²) in [6, 6.07) is 0. The average molecular weight is 287 g/mol. The van der Waals surface area contributed by atoms with Crippen LogP contribution < -0.4 is 10.1 Å². The maximum atomic E-state index is 6.13. The van der Waals surface area contributed by atoms with E-state index in [0.29, 0.717) is 17.4 Å². The molecule has 0 saturated heterocycles. The minimum absolute atomic E-state index is 0.486. The van der Waals surface area contributed by atoms with Gasteiger partial charge >= 0.3 is 0 Å². The molecule has 0 unspecified atom stereocenters. The van der Waals surface area contributed by atoms with Crippen LogP contribution in [0, 0.1) is 0 Å². The normalized spacial score (nSPS) is 10.7. The molecule has 0 fully saturated rings. The van der Waals surface area contributed by atoms with Gasteiger partial charge in [-0.25, -0.2) is 0 Å². The molecular weight excluding hydrogens is 272 g/mol. The van der Waals surface area contributed by atoms with Crippen molar-refractivity contribution in [2.75, 3.05) is 12.4 Å². The zero-order valence-corrected chi connectivity index (χ0v) is 12.1. The van der Waals surface area contributed by atoms with E-state index in [1.807, 2.05) is 13.2 Å². The van der Waals surface area contributed by atoms with Gasteiger partial charge in [0.2, 0.25) is 5.88 Å². The Balaban J connectivity index is 2.08. The van der Waals surface area contributed by atoms with Gasteiger partial charge in [-0.05, 0) is 18.0 Å². The third-order valence-corrected chi connectivity index (χ3v) is 3.87. The summed E-state index contributed by atoms with van der Waals surface area (Å²) in [4.78, 5) is 0.958. The lowest BCUT2D eigenvalue weighted by atomic mass is 10.3. The molecule has 2 rings (SSSR count). The van der Waals surface area contributed by atoms with Gasteiger partial charge in [-0.3, -0.25) is 4.68 Å². The number of anilines is 1. The summed E-state index contributed by atoms with van der Waals surface area (Å²) in [5, 5.41) is 8.28. The molecule has 0 radical (unpaired) electrons. The van der Waals surface area contributed by atoms with Crippen LogP contribution in [0.3, 0.4) is 0 Å². The highest BCUT2D eigenvalue weighted by Crippen LogP contribution is 2.31. The number of halogens is 1. The van der Waals surface area contributed by atoms with Crippen LogP contribution in [0.1, 0.15) is 17.5 Å². The van der Waals surface area contributed by atoms with Crippen molar-refractivity contribution in [3.63, 3.8) is 0 Å². The molecule has 0 aliphatic carbocycles. The summed E-state index contributed by atoms with van der Waals surface area (Å²) < 4.78 is 11.0. The molecule has 0 aliphatic rings. The molecule has 98 valence electrons. The second-order valence-electron chi connectivity index (χ2n) is 3.80. The maximum Gasteiger partial charge on any atom is 0.244 e. The first-order valence-corrected chi connectivity index (χ1v) is 6.75. The molecule has 1 N–H and O–H groups in total. The third-order valence-electron chi connectivity index (χ3n) is 2.54. The second-order valence-corrected chi connectivity index (χ2v) is 5.04. The second kappa shape index (κ2) is 5.58. The first-order valence-electron chi connectivity index (χ1n) is 5.60. The third kappa shape index (κ3) is 2.59. The van der Waals surface area contributed by atoms with Crippen molar-refractivity contribution in [2.24, 2.45) is 7.05 Å². The molecule has 5 nitrogen and oxygen atoms in total. The number of rotatable bonds is 5. The molecule has 2 aromatic rings. The van der Waals surface area contributed by atoms with Crippen molar-refractivity contribution >= 4 is 28.8 Å². The van der Waals surface area contributed by atoms with Gasteiger partial charge in [0.1, 0.15) is 5.02 Å². The Morgan fingerprint density at radius 2 is 2.33 bits per heavy atom. The summed E-state index contributed by atoms with van der Waals surface area (Å²) in [7, 11) is 3.47. The summed E-state index contributed by atoms with van der Waals surface area (Å²) in [5.41, 5.74) is 2.08. The molecule has 2 heterocycles. The van der Waals surface area contributed by atoms with E-state index in [4.69, 9.17) is 16.3 Å². The number of aryl methyl sites for hydroxylation is 2. The maximum absolute atomic E-state index is 6.13. The Bertz CT molecular complexity index is 537. The molecule has 2 aromatic heterocycles. The van der Waals surface area contributed by atoms with E-state index in [0.717, 1.165) is 22.7 Å². The lowest BCUT2D eigenvalue weighted by Gasteiger charge is -2.03. The largest absolute Gasteiger partial charge is 0.479 e. The zero-order chi connectivity index (χ0) is 13.1. The molecule has 0 aliphatic heterocycles. The van der Waals surface area contributed by atoms with Crippen molar-refractivity contribution < 1.29 is 4.74 Å². The van der Waals surface area contributed by atoms with Crippen LogP contribution in [-0.2, 0) is 20.0 Å². The fraction of sp³-hybridized carbons (Fsp3) is 0.455. The van der Waals surface area contributed by atoms with Crippen LogP contribution in [0.25, 0.3) is 0 Å². The summed E-state index contributed by atoms with van der Waals surface area (Å²) in [6.07, 6.45) is 2.86. The topological polar surface area (TPSA) is 52.0 Å². The predicted molar refractivity (Wildman–Crippen MR) is 73.6 cm³/mol. The lowest BCUT2D eigenvalue weighted by molar-refractivity contribution is 0.402. The van der Waals surface area contributed by atoms with Gasteiger partial charge in [0, 0.05) is 13.2 Å². The number of hydrogen-bond donors (Lipinski definition) is 1. The summed E-state index contributed by atoms with van der Waals surface area (Å²) in [6.45, 7) is 2.70. The van der Waals surface area contributed by atoms with Gasteiger partial charge in [0.05, 0.1) is 29.9 Å². The molecule has 0 amide bonds. The van der Waals surface area contributed by atoms with Crippen molar-refractivity contribution in [1.82, 2.24) is 14.2 Å². The van der Waals surface area contributed by atoms with E-state index in [9.17, 15) is 0 Å². The standard InChI is InChI=1S/C11H15ClN4OS/c1-4-7-8(6-16(2)14-7)13-5-9-10(12)11(17-3)15-18-9/h6,13H,4-5H2,1-3H3. The van der Waals surface area contributed by atoms with Crippen LogP contribution >= 0.6 is 23.1 Å². The van der Waals surface area contributed by atoms with Crippen LogP contribution in [0.15, 0.2) is 6.20 Å². The quantitative estimate of drug-likeness (QED) is 0.918. The van der Waals surface area contributed by atoms with E-state index in [1.54, 1.807) is 11.8 Å². The highest BCUT2D eigenvalue weighted by Gasteiger charge is 2.13. The molecule has 0 bridgehead atoms. The van der Waals surface area contributed by atoms with Gasteiger partial charge in [-0.15, -0.1) is 0 Å². The monoisotopic (exact) mass is 286 g/mol. The number of nitrogens with one attached hydrogen (secondary N) is 1. The molecule has 18 heavy (non-hydrogen) atoms. The Labute approximate surface area is 115 Å². The molecule has 0 spiro atoms.